The van der Waals surface area contributed by atoms with E-state index in [2.05, 4.69) is 194 Å². The molecule has 0 saturated heterocycles. The van der Waals surface area contributed by atoms with E-state index in [1.54, 1.807) is 0 Å². The van der Waals surface area contributed by atoms with Gasteiger partial charge < -0.3 is 0 Å². The molecule has 9 rings (SSSR count). The third-order valence-electron chi connectivity index (χ3n) is 11.3. The van der Waals surface area contributed by atoms with Crippen molar-refractivity contribution < 1.29 is 4.11 Å². The van der Waals surface area contributed by atoms with Crippen LogP contribution < -0.4 is 41.5 Å². The number of benzene rings is 9. The Morgan fingerprint density at radius 3 is 0.842 bits per heavy atom. The molecule has 272 valence electrons. The summed E-state index contributed by atoms with van der Waals surface area (Å²) in [7, 11) is -7.04. The molecule has 0 N–H and O–H groups in total. The zero-order valence-corrected chi connectivity index (χ0v) is 33.9. The molecule has 0 amide bonds. The molecule has 0 unspecified atom stereocenters. The van der Waals surface area contributed by atoms with Crippen molar-refractivity contribution in [3.63, 3.8) is 0 Å². The first kappa shape index (κ1) is 32.6. The second kappa shape index (κ2) is 15.9. The largest absolute Gasteiger partial charge is 0.179 e. The molecular formula is C55H44Si2. The predicted octanol–water partition coefficient (Wildman–Crippen LogP) is 8.08. The van der Waals surface area contributed by atoms with E-state index < -0.39 is 16.1 Å². The fourth-order valence-corrected chi connectivity index (χ4v) is 18.2. The van der Waals surface area contributed by atoms with Gasteiger partial charge in [0.25, 0.3) is 0 Å². The van der Waals surface area contributed by atoms with Crippen molar-refractivity contribution in [2.45, 2.75) is 6.92 Å². The van der Waals surface area contributed by atoms with Gasteiger partial charge in [-0.05, 0) is 70.7 Å². The van der Waals surface area contributed by atoms with Crippen molar-refractivity contribution in [2.24, 2.45) is 0 Å². The molecule has 9 aromatic carbocycles. The van der Waals surface area contributed by atoms with Crippen molar-refractivity contribution in [1.29, 1.82) is 0 Å². The average molecular weight is 764 g/mol. The molecule has 0 saturated carbocycles. The minimum absolute atomic E-state index is 0.264. The Balaban J connectivity index is 1.48. The average Bonchev–Trinajstić information content (AvgIpc) is 3.33. The van der Waals surface area contributed by atoms with Crippen LogP contribution in [0.25, 0.3) is 22.3 Å². The van der Waals surface area contributed by atoms with Crippen LogP contribution in [0.1, 0.15) is 9.68 Å². The lowest BCUT2D eigenvalue weighted by Gasteiger charge is -2.38. The molecule has 9 aromatic rings. The monoisotopic (exact) mass is 763 g/mol. The third-order valence-corrected chi connectivity index (χ3v) is 20.4. The van der Waals surface area contributed by atoms with Crippen LogP contribution >= 0.6 is 0 Å². The maximum atomic E-state index is 11.0. The van der Waals surface area contributed by atoms with E-state index in [4.69, 9.17) is 0 Å². The standard InChI is InChI=1S/C55H44Si2/c1-43-38-54(56(48-28-12-4-13-29-48,49-30-14-5-15-31-49)52-36-20-26-46(40-52)44-22-8-2-9-23-44)42-55(39-43)57(50-32-16-6-17-33-50,51-34-18-7-19-35-51)53-37-21-27-47(41-53)45-24-10-3-11-25-45/h2-42H,1H3/i38D,39D,42D. The zero-order valence-electron chi connectivity index (χ0n) is 34.9. The van der Waals surface area contributed by atoms with Gasteiger partial charge in [-0.25, -0.2) is 0 Å². The lowest BCUT2D eigenvalue weighted by Crippen LogP contribution is -2.78. The summed E-state index contributed by atoms with van der Waals surface area (Å²) >= 11 is 0. The van der Waals surface area contributed by atoms with Gasteiger partial charge in [-0.3, -0.25) is 0 Å². The van der Waals surface area contributed by atoms with Crippen LogP contribution in [-0.2, 0) is 0 Å². The van der Waals surface area contributed by atoms with Crippen LogP contribution in [0.3, 0.4) is 0 Å². The predicted molar refractivity (Wildman–Crippen MR) is 249 cm³/mol. The van der Waals surface area contributed by atoms with Crippen molar-refractivity contribution in [3.05, 3.63) is 254 Å². The van der Waals surface area contributed by atoms with E-state index >= 15 is 0 Å². The molecule has 0 spiro atoms. The summed E-state index contributed by atoms with van der Waals surface area (Å²) in [5.41, 5.74) is 4.97. The molecule has 0 atom stereocenters. The number of rotatable bonds is 10. The van der Waals surface area contributed by atoms with Gasteiger partial charge in [0.1, 0.15) is 0 Å². The zero-order chi connectivity index (χ0) is 41.1. The first-order valence-corrected chi connectivity index (χ1v) is 23.6. The summed E-state index contributed by atoms with van der Waals surface area (Å²) in [5, 5.41) is 7.93. The van der Waals surface area contributed by atoms with Gasteiger partial charge in [-0.15, -0.1) is 0 Å². The first-order valence-electron chi connectivity index (χ1n) is 21.1. The minimum Gasteiger partial charge on any atom is -0.0623 e. The van der Waals surface area contributed by atoms with Gasteiger partial charge in [0.05, 0.1) is 4.11 Å². The second-order valence-corrected chi connectivity index (χ2v) is 22.1. The van der Waals surface area contributed by atoms with Crippen LogP contribution in [0.4, 0.5) is 0 Å². The molecule has 0 heterocycles. The van der Waals surface area contributed by atoms with E-state index in [-0.39, 0.29) is 18.1 Å². The van der Waals surface area contributed by atoms with Gasteiger partial charge >= 0.3 is 0 Å². The van der Waals surface area contributed by atoms with E-state index in [9.17, 15) is 4.11 Å². The molecule has 0 nitrogen and oxygen atoms in total. The molecule has 0 bridgehead atoms. The Kier molecular flexibility index (Phi) is 9.09. The lowest BCUT2D eigenvalue weighted by molar-refractivity contribution is 1.50. The van der Waals surface area contributed by atoms with Gasteiger partial charge in [0, 0.05) is 0 Å². The van der Waals surface area contributed by atoms with Gasteiger partial charge in [0.15, 0.2) is 16.1 Å². The highest BCUT2D eigenvalue weighted by Crippen LogP contribution is 2.22. The Bertz CT molecular complexity index is 2610. The maximum Gasteiger partial charge on any atom is 0.179 e. The summed E-state index contributed by atoms with van der Waals surface area (Å²) < 4.78 is 31.5. The summed E-state index contributed by atoms with van der Waals surface area (Å²) in [6, 6.07) is 81.7. The van der Waals surface area contributed by atoms with Crippen molar-refractivity contribution in [2.75, 3.05) is 0 Å². The van der Waals surface area contributed by atoms with E-state index in [1.807, 2.05) is 43.3 Å². The molecule has 0 fully saturated rings. The normalized spacial score (nSPS) is 12.3. The topological polar surface area (TPSA) is 0 Å². The Labute approximate surface area is 343 Å². The molecule has 2 heteroatoms. The molecule has 0 aliphatic carbocycles. The second-order valence-electron chi connectivity index (χ2n) is 14.6. The summed E-state index contributed by atoms with van der Waals surface area (Å²) in [4.78, 5) is 0. The third kappa shape index (κ3) is 6.63. The van der Waals surface area contributed by atoms with Crippen molar-refractivity contribution in [3.8, 4) is 22.3 Å². The Morgan fingerprint density at radius 2 is 0.526 bits per heavy atom. The number of hydrogen-bond donors (Lipinski definition) is 0. The van der Waals surface area contributed by atoms with Gasteiger partial charge in [-0.1, -0.05) is 254 Å². The molecular weight excluding hydrogens is 717 g/mol. The molecule has 57 heavy (non-hydrogen) atoms. The summed E-state index contributed by atoms with van der Waals surface area (Å²) in [5.74, 6) is 0. The first-order chi connectivity index (χ1) is 29.5. The fraction of sp³-hybridized carbons (Fsp3) is 0.0182. The van der Waals surface area contributed by atoms with E-state index in [0.29, 0.717) is 15.9 Å². The van der Waals surface area contributed by atoms with Crippen LogP contribution in [0.2, 0.25) is 0 Å². The quantitative estimate of drug-likeness (QED) is 0.0977. The SMILES string of the molecule is [2H]c1c(C)c([2H])c([Si](c2ccccc2)(c2ccccc2)c2cccc(-c3ccccc3)c2)c([2H])c1[Si](c1ccccc1)(c1ccccc1)c1cccc(-c2ccccc2)c1. The van der Waals surface area contributed by atoms with E-state index in [1.165, 1.54) is 0 Å². The van der Waals surface area contributed by atoms with Crippen LogP contribution in [0.15, 0.2) is 249 Å². The summed E-state index contributed by atoms with van der Waals surface area (Å²) in [6.45, 7) is 1.93. The number of hydrogen-bond acceptors (Lipinski definition) is 0. The highest BCUT2D eigenvalue weighted by atomic mass is 28.3. The lowest BCUT2D eigenvalue weighted by atomic mass is 10.1. The van der Waals surface area contributed by atoms with Crippen molar-refractivity contribution in [1.82, 2.24) is 0 Å². The Morgan fingerprint density at radius 1 is 0.263 bits per heavy atom. The van der Waals surface area contributed by atoms with Gasteiger partial charge in [0.2, 0.25) is 0 Å². The highest BCUT2D eigenvalue weighted by Gasteiger charge is 2.46. The Hall–Kier alpha value is -6.59. The molecule has 0 aliphatic heterocycles. The van der Waals surface area contributed by atoms with Crippen LogP contribution in [0, 0.1) is 6.92 Å². The van der Waals surface area contributed by atoms with E-state index in [0.717, 1.165) is 53.4 Å². The van der Waals surface area contributed by atoms with Crippen molar-refractivity contribution >= 4 is 57.6 Å². The fourth-order valence-electron chi connectivity index (χ4n) is 8.71. The summed E-state index contributed by atoms with van der Waals surface area (Å²) in [6.07, 6.45) is 0. The minimum atomic E-state index is -3.52. The molecule has 0 radical (unpaired) electrons. The molecule has 0 aliphatic rings. The molecule has 0 aromatic heterocycles. The smallest absolute Gasteiger partial charge is 0.0623 e. The highest BCUT2D eigenvalue weighted by molar-refractivity contribution is 7.22. The van der Waals surface area contributed by atoms with Gasteiger partial charge in [-0.2, -0.15) is 0 Å². The van der Waals surface area contributed by atoms with Crippen LogP contribution in [-0.4, -0.2) is 16.1 Å². The van der Waals surface area contributed by atoms with Crippen LogP contribution in [0.5, 0.6) is 0 Å². The maximum absolute atomic E-state index is 11.0.